The molecule has 3 aromatic rings. The monoisotopic (exact) mass is 434 g/mol. The van der Waals surface area contributed by atoms with Gasteiger partial charge in [-0.15, -0.1) is 0 Å². The van der Waals surface area contributed by atoms with Crippen LogP contribution in [0.5, 0.6) is 0 Å². The average molecular weight is 435 g/mol. The molecule has 0 aliphatic carbocycles. The highest BCUT2D eigenvalue weighted by molar-refractivity contribution is 6.30. The normalized spacial score (nSPS) is 11.4. The summed E-state index contributed by atoms with van der Waals surface area (Å²) in [5.41, 5.74) is 2.99. The van der Waals surface area contributed by atoms with Gasteiger partial charge in [-0.25, -0.2) is 4.79 Å². The maximum atomic E-state index is 12.7. The first-order valence-electron chi connectivity index (χ1n) is 10.5. The van der Waals surface area contributed by atoms with Crippen molar-refractivity contribution in [2.45, 2.75) is 19.8 Å². The Morgan fingerprint density at radius 3 is 1.87 bits per heavy atom. The third-order valence-electron chi connectivity index (χ3n) is 5.11. The van der Waals surface area contributed by atoms with E-state index in [4.69, 9.17) is 16.3 Å². The Hall–Kier alpha value is -3.11. The van der Waals surface area contributed by atoms with Gasteiger partial charge in [-0.05, 0) is 49.2 Å². The molecule has 0 aliphatic heterocycles. The molecule has 0 bridgehead atoms. The molecule has 0 saturated carbocycles. The topological polar surface area (TPSA) is 41.9 Å². The van der Waals surface area contributed by atoms with Crippen LogP contribution in [0, 0.1) is 0 Å². The predicted octanol–water partition coefficient (Wildman–Crippen LogP) is 6.40. The Morgan fingerprint density at radius 1 is 0.871 bits per heavy atom. The van der Waals surface area contributed by atoms with E-state index in [1.54, 1.807) is 17.0 Å². The fourth-order valence-electron chi connectivity index (χ4n) is 3.34. The summed E-state index contributed by atoms with van der Waals surface area (Å²) >= 11 is 6.05. The van der Waals surface area contributed by atoms with Crippen LogP contribution in [0.15, 0.2) is 89.9 Å². The molecule has 0 unspecified atom stereocenters. The van der Waals surface area contributed by atoms with E-state index in [-0.39, 0.29) is 11.9 Å². The first kappa shape index (κ1) is 22.6. The summed E-state index contributed by atoms with van der Waals surface area (Å²) in [6.07, 6.45) is 0. The summed E-state index contributed by atoms with van der Waals surface area (Å²) in [4.78, 5) is 18.6. The SMILES string of the molecule is CCN(CC)C(=O)/N=C(/OCC(c1ccccc1)c1ccccc1)c1ccc(Cl)cc1. The van der Waals surface area contributed by atoms with E-state index in [2.05, 4.69) is 29.3 Å². The summed E-state index contributed by atoms with van der Waals surface area (Å²) in [6.45, 7) is 5.38. The van der Waals surface area contributed by atoms with Crippen molar-refractivity contribution in [3.05, 3.63) is 107 Å². The summed E-state index contributed by atoms with van der Waals surface area (Å²) in [5, 5.41) is 0.615. The molecule has 2 amide bonds. The van der Waals surface area contributed by atoms with Crippen molar-refractivity contribution in [1.82, 2.24) is 4.90 Å². The van der Waals surface area contributed by atoms with E-state index < -0.39 is 0 Å². The number of rotatable bonds is 7. The number of carbonyl (C=O) groups excluding carboxylic acids is 1. The maximum absolute atomic E-state index is 12.7. The predicted molar refractivity (Wildman–Crippen MR) is 127 cm³/mol. The molecule has 3 aromatic carbocycles. The fourth-order valence-corrected chi connectivity index (χ4v) is 3.47. The number of aliphatic imine (C=N–C) groups is 1. The largest absolute Gasteiger partial charge is 0.476 e. The minimum atomic E-state index is -0.314. The van der Waals surface area contributed by atoms with Crippen LogP contribution in [0.1, 0.15) is 36.5 Å². The molecule has 0 aromatic heterocycles. The molecular weight excluding hydrogens is 408 g/mol. The van der Waals surface area contributed by atoms with Gasteiger partial charge in [-0.2, -0.15) is 4.99 Å². The van der Waals surface area contributed by atoms with Crippen LogP contribution < -0.4 is 0 Å². The van der Waals surface area contributed by atoms with Crippen molar-refractivity contribution in [3.63, 3.8) is 0 Å². The molecule has 3 rings (SSSR count). The van der Waals surface area contributed by atoms with Crippen molar-refractivity contribution < 1.29 is 9.53 Å². The summed E-state index contributed by atoms with van der Waals surface area (Å²) in [7, 11) is 0. The Bertz CT molecular complexity index is 945. The minimum Gasteiger partial charge on any atom is -0.476 e. The van der Waals surface area contributed by atoms with E-state index in [9.17, 15) is 4.79 Å². The quantitative estimate of drug-likeness (QED) is 0.319. The Labute approximate surface area is 189 Å². The Kier molecular flexibility index (Phi) is 8.25. The third kappa shape index (κ3) is 6.19. The number of ether oxygens (including phenoxy) is 1. The van der Waals surface area contributed by atoms with Crippen molar-refractivity contribution in [1.29, 1.82) is 0 Å². The number of urea groups is 1. The van der Waals surface area contributed by atoms with E-state index in [0.717, 1.165) is 11.1 Å². The standard InChI is InChI=1S/C26H27ClN2O2/c1-3-29(4-2)26(30)28-25(22-15-17-23(27)18-16-22)31-19-24(20-11-7-5-8-12-20)21-13-9-6-10-14-21/h5-18,24H,3-4,19H2,1-2H3/b28-25+. The molecule has 31 heavy (non-hydrogen) atoms. The van der Waals surface area contributed by atoms with Crippen molar-refractivity contribution in [2.75, 3.05) is 19.7 Å². The molecule has 160 valence electrons. The molecule has 0 N–H and O–H groups in total. The zero-order valence-electron chi connectivity index (χ0n) is 17.9. The van der Waals surface area contributed by atoms with Gasteiger partial charge in [-0.1, -0.05) is 72.3 Å². The molecule has 4 nitrogen and oxygen atoms in total. The maximum Gasteiger partial charge on any atom is 0.346 e. The molecule has 0 radical (unpaired) electrons. The van der Waals surface area contributed by atoms with E-state index in [1.165, 1.54) is 0 Å². The number of halogens is 1. The fraction of sp³-hybridized carbons (Fsp3) is 0.231. The van der Waals surface area contributed by atoms with Crippen LogP contribution in [0.3, 0.4) is 0 Å². The van der Waals surface area contributed by atoms with Gasteiger partial charge in [0.25, 0.3) is 0 Å². The molecule has 0 fully saturated rings. The highest BCUT2D eigenvalue weighted by atomic mass is 35.5. The number of carbonyl (C=O) groups is 1. The zero-order valence-corrected chi connectivity index (χ0v) is 18.6. The summed E-state index contributed by atoms with van der Waals surface area (Å²) < 4.78 is 6.21. The van der Waals surface area contributed by atoms with Crippen LogP contribution in [-0.4, -0.2) is 36.5 Å². The highest BCUT2D eigenvalue weighted by Gasteiger charge is 2.18. The molecule has 0 atom stereocenters. The smallest absolute Gasteiger partial charge is 0.346 e. The lowest BCUT2D eigenvalue weighted by Gasteiger charge is -2.21. The second kappa shape index (κ2) is 11.3. The van der Waals surface area contributed by atoms with Crippen LogP contribution in [-0.2, 0) is 4.74 Å². The third-order valence-corrected chi connectivity index (χ3v) is 5.36. The first-order chi connectivity index (χ1) is 15.1. The van der Waals surface area contributed by atoms with Crippen LogP contribution >= 0.6 is 11.6 Å². The van der Waals surface area contributed by atoms with Gasteiger partial charge in [0.1, 0.15) is 6.61 Å². The molecule has 0 aliphatic rings. The molecule has 0 spiro atoms. The lowest BCUT2D eigenvalue weighted by atomic mass is 9.92. The van der Waals surface area contributed by atoms with E-state index in [0.29, 0.717) is 36.2 Å². The van der Waals surface area contributed by atoms with Gasteiger partial charge < -0.3 is 9.64 Å². The van der Waals surface area contributed by atoms with Crippen molar-refractivity contribution >= 4 is 23.5 Å². The summed E-state index contributed by atoms with van der Waals surface area (Å²) in [6, 6.07) is 27.3. The second-order valence-corrected chi connectivity index (χ2v) is 7.50. The highest BCUT2D eigenvalue weighted by Crippen LogP contribution is 2.25. The first-order valence-corrected chi connectivity index (χ1v) is 10.9. The molecule has 0 heterocycles. The zero-order chi connectivity index (χ0) is 22.1. The lowest BCUT2D eigenvalue weighted by molar-refractivity contribution is 0.211. The van der Waals surface area contributed by atoms with Gasteiger partial charge in [0.2, 0.25) is 5.90 Å². The van der Waals surface area contributed by atoms with Crippen LogP contribution in [0.25, 0.3) is 0 Å². The molecule has 5 heteroatoms. The van der Waals surface area contributed by atoms with Crippen LogP contribution in [0.2, 0.25) is 5.02 Å². The molecular formula is C26H27ClN2O2. The van der Waals surface area contributed by atoms with Gasteiger partial charge in [-0.3, -0.25) is 0 Å². The van der Waals surface area contributed by atoms with Gasteiger partial charge in [0, 0.05) is 29.6 Å². The second-order valence-electron chi connectivity index (χ2n) is 7.06. The van der Waals surface area contributed by atoms with Gasteiger partial charge in [0.15, 0.2) is 0 Å². The molecule has 0 saturated heterocycles. The average Bonchev–Trinajstić information content (AvgIpc) is 2.81. The lowest BCUT2D eigenvalue weighted by Crippen LogP contribution is -2.29. The van der Waals surface area contributed by atoms with Crippen molar-refractivity contribution in [3.8, 4) is 0 Å². The number of hydrogen-bond donors (Lipinski definition) is 0. The summed E-state index contributed by atoms with van der Waals surface area (Å²) in [5.74, 6) is 0.300. The number of amides is 2. The van der Waals surface area contributed by atoms with Crippen molar-refractivity contribution in [2.24, 2.45) is 4.99 Å². The van der Waals surface area contributed by atoms with Crippen LogP contribution in [0.4, 0.5) is 4.79 Å². The van der Waals surface area contributed by atoms with Gasteiger partial charge >= 0.3 is 6.03 Å². The van der Waals surface area contributed by atoms with E-state index >= 15 is 0 Å². The van der Waals surface area contributed by atoms with Gasteiger partial charge in [0.05, 0.1) is 0 Å². The van der Waals surface area contributed by atoms with E-state index in [1.807, 2.05) is 62.4 Å². The number of hydrogen-bond acceptors (Lipinski definition) is 2. The number of nitrogens with zero attached hydrogens (tertiary/aromatic N) is 2. The number of benzene rings is 3. The Balaban J connectivity index is 1.92. The Morgan fingerprint density at radius 2 is 1.39 bits per heavy atom. The minimum absolute atomic E-state index is 0.00320.